The summed E-state index contributed by atoms with van der Waals surface area (Å²) in [7, 11) is 0. The molecule has 1 aliphatic heterocycles. The van der Waals surface area contributed by atoms with Gasteiger partial charge in [-0.05, 0) is 46.5 Å². The lowest BCUT2D eigenvalue weighted by atomic mass is 9.90. The maximum atomic E-state index is 12.2. The molecule has 0 aromatic carbocycles. The van der Waals surface area contributed by atoms with E-state index in [9.17, 15) is 4.79 Å². The topological polar surface area (TPSA) is 67.6 Å². The van der Waals surface area contributed by atoms with Crippen LogP contribution in [0.2, 0.25) is 0 Å². The number of hydrogen-bond donors (Lipinski definition) is 2. The van der Waals surface area contributed by atoms with Gasteiger partial charge in [-0.2, -0.15) is 0 Å². The number of nitrogens with one attached hydrogen (secondary N) is 1. The second-order valence-corrected chi connectivity index (χ2v) is 7.10. The van der Waals surface area contributed by atoms with Crippen LogP contribution in [-0.2, 0) is 9.53 Å². The average Bonchev–Trinajstić information content (AvgIpc) is 2.38. The molecule has 1 aliphatic carbocycles. The summed E-state index contributed by atoms with van der Waals surface area (Å²) in [5, 5.41) is 3.28. The molecule has 5 heteroatoms. The van der Waals surface area contributed by atoms with Gasteiger partial charge in [0.2, 0.25) is 0 Å². The average molecular weight is 283 g/mol. The lowest BCUT2D eigenvalue weighted by molar-refractivity contribution is -0.159. The molecule has 116 valence electrons. The summed E-state index contributed by atoms with van der Waals surface area (Å²) < 4.78 is 5.48. The number of nitrogens with zero attached hydrogens (tertiary/aromatic N) is 1. The van der Waals surface area contributed by atoms with Crippen molar-refractivity contribution in [2.75, 3.05) is 19.6 Å². The van der Waals surface area contributed by atoms with E-state index in [-0.39, 0.29) is 12.0 Å². The number of carbonyl (C=O) groups excluding carboxylic acids is 1. The summed E-state index contributed by atoms with van der Waals surface area (Å²) in [5.74, 6) is -0.130. The molecule has 1 unspecified atom stereocenters. The van der Waals surface area contributed by atoms with Crippen LogP contribution < -0.4 is 11.1 Å². The van der Waals surface area contributed by atoms with Gasteiger partial charge in [-0.25, -0.2) is 0 Å². The molecule has 0 bridgehead atoms. The van der Waals surface area contributed by atoms with Crippen LogP contribution in [0.3, 0.4) is 0 Å². The van der Waals surface area contributed by atoms with Crippen molar-refractivity contribution in [3.8, 4) is 0 Å². The summed E-state index contributed by atoms with van der Waals surface area (Å²) in [6.07, 6.45) is 4.52. The Morgan fingerprint density at radius 2 is 1.90 bits per heavy atom. The molecule has 0 aromatic rings. The molecule has 2 fully saturated rings. The zero-order valence-electron chi connectivity index (χ0n) is 13.0. The van der Waals surface area contributed by atoms with E-state index in [1.807, 2.05) is 20.8 Å². The van der Waals surface area contributed by atoms with Crippen LogP contribution in [0, 0.1) is 0 Å². The van der Waals surface area contributed by atoms with Gasteiger partial charge in [0.25, 0.3) is 0 Å². The van der Waals surface area contributed by atoms with Gasteiger partial charge < -0.3 is 15.8 Å². The molecule has 1 saturated carbocycles. The third-order valence-electron chi connectivity index (χ3n) is 4.16. The third kappa shape index (κ3) is 4.43. The zero-order chi connectivity index (χ0) is 14.8. The van der Waals surface area contributed by atoms with Crippen molar-refractivity contribution >= 4 is 5.97 Å². The first-order chi connectivity index (χ1) is 9.35. The van der Waals surface area contributed by atoms with Gasteiger partial charge in [0.1, 0.15) is 11.6 Å². The normalized spacial score (nSPS) is 32.9. The van der Waals surface area contributed by atoms with Gasteiger partial charge in [0.15, 0.2) is 0 Å². The minimum atomic E-state index is -0.418. The fourth-order valence-corrected chi connectivity index (χ4v) is 3.10. The van der Waals surface area contributed by atoms with Gasteiger partial charge >= 0.3 is 5.97 Å². The fourth-order valence-electron chi connectivity index (χ4n) is 3.10. The lowest BCUT2D eigenvalue weighted by Gasteiger charge is -2.41. The monoisotopic (exact) mass is 283 g/mol. The molecule has 0 spiro atoms. The smallest absolute Gasteiger partial charge is 0.324 e. The molecule has 3 N–H and O–H groups in total. The largest absolute Gasteiger partial charge is 0.459 e. The van der Waals surface area contributed by atoms with Gasteiger partial charge in [0, 0.05) is 31.7 Å². The predicted octanol–water partition coefficient (Wildman–Crippen LogP) is 0.872. The number of carbonyl (C=O) groups is 1. The minimum Gasteiger partial charge on any atom is -0.459 e. The Balaban J connectivity index is 1.86. The maximum absolute atomic E-state index is 12.2. The Hall–Kier alpha value is -0.650. The predicted molar refractivity (Wildman–Crippen MR) is 79.4 cm³/mol. The second-order valence-electron chi connectivity index (χ2n) is 7.10. The molecular weight excluding hydrogens is 254 g/mol. The third-order valence-corrected chi connectivity index (χ3v) is 4.16. The van der Waals surface area contributed by atoms with Crippen molar-refractivity contribution in [3.05, 3.63) is 0 Å². The highest BCUT2D eigenvalue weighted by molar-refractivity contribution is 5.76. The number of hydrogen-bond acceptors (Lipinski definition) is 5. The van der Waals surface area contributed by atoms with Crippen molar-refractivity contribution < 1.29 is 9.53 Å². The first-order valence-corrected chi connectivity index (χ1v) is 7.81. The molecule has 1 heterocycles. The van der Waals surface area contributed by atoms with Gasteiger partial charge in [-0.3, -0.25) is 9.69 Å². The van der Waals surface area contributed by atoms with Crippen molar-refractivity contribution in [1.82, 2.24) is 10.2 Å². The highest BCUT2D eigenvalue weighted by atomic mass is 16.6. The van der Waals surface area contributed by atoms with Crippen molar-refractivity contribution in [3.63, 3.8) is 0 Å². The maximum Gasteiger partial charge on any atom is 0.324 e. The Labute approximate surface area is 122 Å². The molecule has 5 nitrogen and oxygen atoms in total. The molecule has 1 saturated heterocycles. The summed E-state index contributed by atoms with van der Waals surface area (Å²) in [5.41, 5.74) is 5.55. The Morgan fingerprint density at radius 1 is 1.25 bits per heavy atom. The van der Waals surface area contributed by atoms with Crippen molar-refractivity contribution in [2.45, 2.75) is 70.2 Å². The standard InChI is InChI=1S/C15H29N3O2/c1-15(2,3)20-14(19)13-10-18(9-8-17-13)12-6-4-11(16)5-7-12/h11-13,17H,4-10,16H2,1-3H3. The Morgan fingerprint density at radius 3 is 2.50 bits per heavy atom. The van der Waals surface area contributed by atoms with E-state index in [0.717, 1.165) is 45.3 Å². The minimum absolute atomic E-state index is 0.130. The number of ether oxygens (including phenoxy) is 1. The molecule has 1 atom stereocenters. The van der Waals surface area contributed by atoms with E-state index in [4.69, 9.17) is 10.5 Å². The fraction of sp³-hybridized carbons (Fsp3) is 0.933. The molecular formula is C15H29N3O2. The molecule has 0 aromatic heterocycles. The van der Waals surface area contributed by atoms with Crippen LogP contribution in [0.5, 0.6) is 0 Å². The number of piperazine rings is 1. The lowest BCUT2D eigenvalue weighted by Crippen LogP contribution is -2.58. The first-order valence-electron chi connectivity index (χ1n) is 7.81. The summed E-state index contributed by atoms with van der Waals surface area (Å²) in [6, 6.07) is 0.760. The van der Waals surface area contributed by atoms with Crippen LogP contribution in [0.25, 0.3) is 0 Å². The van der Waals surface area contributed by atoms with Gasteiger partial charge in [0.05, 0.1) is 0 Å². The van der Waals surface area contributed by atoms with E-state index in [1.54, 1.807) is 0 Å². The van der Waals surface area contributed by atoms with Crippen LogP contribution >= 0.6 is 0 Å². The van der Waals surface area contributed by atoms with Gasteiger partial charge in [-0.1, -0.05) is 0 Å². The van der Waals surface area contributed by atoms with Crippen LogP contribution in [0.1, 0.15) is 46.5 Å². The van der Waals surface area contributed by atoms with Crippen molar-refractivity contribution in [1.29, 1.82) is 0 Å². The van der Waals surface area contributed by atoms with E-state index in [0.29, 0.717) is 12.1 Å². The SMILES string of the molecule is CC(C)(C)OC(=O)C1CN(C2CCC(N)CC2)CCN1. The zero-order valence-corrected chi connectivity index (χ0v) is 13.0. The van der Waals surface area contributed by atoms with Crippen LogP contribution in [0.15, 0.2) is 0 Å². The van der Waals surface area contributed by atoms with Crippen LogP contribution in [-0.4, -0.2) is 54.2 Å². The highest BCUT2D eigenvalue weighted by Gasteiger charge is 2.33. The van der Waals surface area contributed by atoms with E-state index in [2.05, 4.69) is 10.2 Å². The van der Waals surface area contributed by atoms with E-state index >= 15 is 0 Å². The summed E-state index contributed by atoms with van der Waals surface area (Å²) in [4.78, 5) is 14.6. The highest BCUT2D eigenvalue weighted by Crippen LogP contribution is 2.23. The molecule has 2 aliphatic rings. The summed E-state index contributed by atoms with van der Waals surface area (Å²) >= 11 is 0. The molecule has 20 heavy (non-hydrogen) atoms. The quantitative estimate of drug-likeness (QED) is 0.736. The molecule has 2 rings (SSSR count). The van der Waals surface area contributed by atoms with E-state index < -0.39 is 5.60 Å². The number of rotatable bonds is 2. The Kier molecular flexibility index (Phi) is 5.04. The first kappa shape index (κ1) is 15.7. The van der Waals surface area contributed by atoms with Crippen LogP contribution in [0.4, 0.5) is 0 Å². The van der Waals surface area contributed by atoms with Crippen molar-refractivity contribution in [2.24, 2.45) is 5.73 Å². The second kappa shape index (κ2) is 6.41. The molecule has 0 radical (unpaired) electrons. The molecule has 0 amide bonds. The van der Waals surface area contributed by atoms with E-state index in [1.165, 1.54) is 0 Å². The summed E-state index contributed by atoms with van der Waals surface area (Å²) in [6.45, 7) is 8.36. The Bertz CT molecular complexity index is 333. The number of esters is 1. The van der Waals surface area contributed by atoms with Gasteiger partial charge in [-0.15, -0.1) is 0 Å². The number of nitrogens with two attached hydrogens (primary N) is 1.